The van der Waals surface area contributed by atoms with Crippen molar-refractivity contribution in [1.29, 1.82) is 0 Å². The molecule has 9 N–H and O–H groups in total. The molecule has 8 atom stereocenters. The van der Waals surface area contributed by atoms with Crippen LogP contribution in [0.15, 0.2) is 187 Å². The minimum absolute atomic E-state index is 0.0537. The number of amides is 4. The minimum atomic E-state index is -1.31. The number of methoxy groups -OCH3 is 8. The van der Waals surface area contributed by atoms with Crippen LogP contribution < -0.4 is 70.6 Å². The summed E-state index contributed by atoms with van der Waals surface area (Å²) >= 11 is 0. The van der Waals surface area contributed by atoms with Gasteiger partial charge in [0.2, 0.25) is 23.6 Å². The standard InChI is InChI=1S/C72H72N4O12.C9H13N3O5/c1-81-57-37-58(82-2)50-29-49(57)45-33-65(77)73-69(41-21-13-9-14-22-41)70(42-23-15-10-16-24-42)74-66(78)34-46(50)55-32-56(64(88-8)40-63(55)87-7)48-36-68(80)76-72(44-27-19-12-20-28-44)71(43-25-17-11-18-26-43)75-67(79)35-47(51-30-52(48)60(84-4)38-59(51)83-3)54-31-53(45)61(85-5)39-62(54)86-6;10-5-1-2-12(9(16)11-5)8-7(15)6(14)4(3-13)17-8/h9-32,37-40,45-48,69-72H,33-36H2,1-8H3,(H,73,77)(H,74,78)(H,75,79)(H,76,80);1-2,4,6-8,13-15H,3H2,(H2,10,11,16)/t45?,46?,47?,48?,69-,70-,71-,72-;4-,6-,7+,8-/m11/s1. The zero-order valence-electron chi connectivity index (χ0n) is 59.3. The van der Waals surface area contributed by atoms with Crippen LogP contribution in [0.2, 0.25) is 0 Å². The van der Waals surface area contributed by atoms with Gasteiger partial charge in [-0.05, 0) is 52.6 Å². The predicted molar refractivity (Wildman–Crippen MR) is 389 cm³/mol. The molecule has 9 aromatic rings. The van der Waals surface area contributed by atoms with Gasteiger partial charge in [-0.25, -0.2) is 4.79 Å². The molecule has 0 saturated carbocycles. The number of rotatable bonds is 14. The Morgan fingerprint density at radius 2 is 0.638 bits per heavy atom. The summed E-state index contributed by atoms with van der Waals surface area (Å²) in [6.07, 6.45) is -4.02. The quantitative estimate of drug-likeness (QED) is 0.0503. The van der Waals surface area contributed by atoms with Gasteiger partial charge in [0, 0.05) is 124 Å². The topological polar surface area (TPSA) is 321 Å². The number of ether oxygens (including phenoxy) is 9. The molecule has 3 aliphatic heterocycles. The van der Waals surface area contributed by atoms with Crippen molar-refractivity contribution in [2.75, 3.05) is 69.2 Å². The van der Waals surface area contributed by atoms with Crippen LogP contribution in [0, 0.1) is 0 Å². The number of carbonyl (C=O) groups is 4. The van der Waals surface area contributed by atoms with Gasteiger partial charge < -0.3 is 85.0 Å². The second kappa shape index (κ2) is 32.5. The Kier molecular flexibility index (Phi) is 22.7. The van der Waals surface area contributed by atoms with Gasteiger partial charge in [-0.1, -0.05) is 121 Å². The third-order valence-electron chi connectivity index (χ3n) is 20.1. The molecule has 105 heavy (non-hydrogen) atoms. The highest BCUT2D eigenvalue weighted by Gasteiger charge is 2.45. The van der Waals surface area contributed by atoms with Gasteiger partial charge in [0.25, 0.3) is 0 Å². The third kappa shape index (κ3) is 15.2. The second-order valence-electron chi connectivity index (χ2n) is 26.0. The van der Waals surface area contributed by atoms with Gasteiger partial charge in [-0.3, -0.25) is 23.7 Å². The largest absolute Gasteiger partial charge is 0.496 e. The molecule has 0 spiro atoms. The number of nitrogens with one attached hydrogen (secondary N) is 4. The fourth-order valence-electron chi connectivity index (χ4n) is 15.0. The number of benzene rings is 8. The van der Waals surface area contributed by atoms with E-state index in [-0.39, 0.29) is 55.1 Å². The molecule has 1 aromatic heterocycles. The van der Waals surface area contributed by atoms with E-state index in [1.54, 1.807) is 81.1 Å². The highest BCUT2D eigenvalue weighted by atomic mass is 16.6. The van der Waals surface area contributed by atoms with Crippen molar-refractivity contribution in [3.05, 3.63) is 259 Å². The number of nitrogen functional groups attached to an aromatic ring is 1. The number of fused-ring (bicyclic) bond motifs is 8. The van der Waals surface area contributed by atoms with Crippen molar-refractivity contribution >= 4 is 29.4 Å². The Bertz CT molecular complexity index is 4180. The van der Waals surface area contributed by atoms with Crippen LogP contribution >= 0.6 is 0 Å². The molecule has 1 saturated heterocycles. The summed E-state index contributed by atoms with van der Waals surface area (Å²) in [4.78, 5) is 77.9. The molecule has 8 aromatic carbocycles. The van der Waals surface area contributed by atoms with E-state index in [1.165, 1.54) is 12.3 Å². The average Bonchev–Trinajstić information content (AvgIpc) is 0.977. The van der Waals surface area contributed by atoms with E-state index in [0.717, 1.165) is 26.8 Å². The number of aromatic nitrogens is 2. The average molecular weight is 1430 g/mol. The maximum atomic E-state index is 15.7. The summed E-state index contributed by atoms with van der Waals surface area (Å²) in [5.74, 6) is -1.95. The smallest absolute Gasteiger partial charge is 0.351 e. The van der Waals surface area contributed by atoms with E-state index in [2.05, 4.69) is 26.3 Å². The van der Waals surface area contributed by atoms with Crippen molar-refractivity contribution < 1.29 is 77.1 Å². The van der Waals surface area contributed by atoms with Crippen LogP contribution in [0.5, 0.6) is 46.0 Å². The van der Waals surface area contributed by atoms with Crippen molar-refractivity contribution in [3.8, 4) is 46.0 Å². The van der Waals surface area contributed by atoms with Crippen molar-refractivity contribution in [2.45, 2.75) is 98.1 Å². The lowest BCUT2D eigenvalue weighted by Crippen LogP contribution is -2.41. The molecule has 4 aliphatic rings. The van der Waals surface area contributed by atoms with Crippen LogP contribution in [0.25, 0.3) is 0 Å². The van der Waals surface area contributed by atoms with E-state index in [1.807, 2.05) is 146 Å². The minimum Gasteiger partial charge on any atom is -0.496 e. The molecule has 4 amide bonds. The Morgan fingerprint density at radius 3 is 0.848 bits per heavy atom. The molecule has 13 rings (SSSR count). The van der Waals surface area contributed by atoms with Crippen molar-refractivity contribution in [3.63, 3.8) is 0 Å². The summed E-state index contributed by atoms with van der Waals surface area (Å²) < 4.78 is 57.2. The summed E-state index contributed by atoms with van der Waals surface area (Å²) in [6.45, 7) is -0.453. The Balaban J connectivity index is 0.000000533. The lowest BCUT2D eigenvalue weighted by Gasteiger charge is -2.31. The normalized spacial score (nSPS) is 22.9. The van der Waals surface area contributed by atoms with E-state index < -0.39 is 84.7 Å². The molecule has 0 unspecified atom stereocenters. The SMILES string of the molecule is COc1cc(OC)c2cc1C1CC(=O)N[C@H](c3ccccc3)[C@@H](c3ccccc3)NC(=O)CC2c2cc(c(OC)cc2OC)C2CC(=O)N[C@H](c3ccccc3)[C@@H](c3ccccc3)NC(=O)CC(c3cc2c(OC)cc3OC)c2cc1c(OC)cc2OC.Nc1ccn([C@@H]2O[C@H](CO)[C@@H](O)[C@@H]2O)c(=O)n1. The van der Waals surface area contributed by atoms with Gasteiger partial charge in [0.1, 0.15) is 70.1 Å². The predicted octanol–water partition coefficient (Wildman–Crippen LogP) is 9.05. The van der Waals surface area contributed by atoms with E-state index in [4.69, 9.17) is 53.5 Å². The lowest BCUT2D eigenvalue weighted by molar-refractivity contribution is -0.125. The number of aliphatic hydroxyl groups excluding tert-OH is 3. The number of nitrogens with two attached hydrogens (primary N) is 1. The number of carbonyl (C=O) groups excluding carboxylic acids is 4. The molecular weight excluding hydrogens is 1340 g/mol. The monoisotopic (exact) mass is 1430 g/mol. The number of aliphatic hydroxyl groups is 3. The number of hydrogen-bond acceptors (Lipinski definition) is 19. The first-order chi connectivity index (χ1) is 50.9. The Labute approximate surface area is 607 Å². The van der Waals surface area contributed by atoms with Crippen LogP contribution in [-0.4, -0.2) is 130 Å². The van der Waals surface area contributed by atoms with Crippen LogP contribution in [0.3, 0.4) is 0 Å². The molecule has 24 heteroatoms. The number of hydrogen-bond donors (Lipinski definition) is 8. The van der Waals surface area contributed by atoms with E-state index in [9.17, 15) is 15.0 Å². The van der Waals surface area contributed by atoms with Gasteiger partial charge in [-0.15, -0.1) is 0 Å². The second-order valence-corrected chi connectivity index (χ2v) is 26.0. The number of nitrogens with zero attached hydrogens (tertiary/aromatic N) is 2. The summed E-state index contributed by atoms with van der Waals surface area (Å²) in [6, 6.07) is 51.3. The molecule has 546 valence electrons. The van der Waals surface area contributed by atoms with Crippen LogP contribution in [0.4, 0.5) is 5.82 Å². The van der Waals surface area contributed by atoms with E-state index >= 15 is 19.2 Å². The van der Waals surface area contributed by atoms with E-state index in [0.29, 0.717) is 90.5 Å². The van der Waals surface area contributed by atoms with Crippen molar-refractivity contribution in [2.24, 2.45) is 0 Å². The van der Waals surface area contributed by atoms with Gasteiger partial charge in [0.15, 0.2) is 6.23 Å². The zero-order chi connectivity index (χ0) is 74.2. The van der Waals surface area contributed by atoms with Gasteiger partial charge in [-0.2, -0.15) is 4.98 Å². The Hall–Kier alpha value is -11.4. The number of anilines is 1. The highest BCUT2D eigenvalue weighted by molar-refractivity contribution is 5.84. The zero-order valence-corrected chi connectivity index (χ0v) is 59.3. The first kappa shape index (κ1) is 73.3. The summed E-state index contributed by atoms with van der Waals surface area (Å²) in [5.41, 5.74) is 12.0. The maximum absolute atomic E-state index is 15.7. The molecule has 4 heterocycles. The third-order valence-corrected chi connectivity index (χ3v) is 20.1. The van der Waals surface area contributed by atoms with Crippen LogP contribution in [-0.2, 0) is 23.9 Å². The first-order valence-corrected chi connectivity index (χ1v) is 34.3. The first-order valence-electron chi connectivity index (χ1n) is 34.3. The van der Waals surface area contributed by atoms with Crippen LogP contribution in [0.1, 0.15) is 147 Å². The molecule has 1 fully saturated rings. The lowest BCUT2D eigenvalue weighted by atomic mass is 9.77. The highest BCUT2D eigenvalue weighted by Crippen LogP contribution is 2.54. The van der Waals surface area contributed by atoms with Gasteiger partial charge in [0.05, 0.1) is 87.7 Å². The molecule has 24 nitrogen and oxygen atoms in total. The Morgan fingerprint density at radius 1 is 0.390 bits per heavy atom. The summed E-state index contributed by atoms with van der Waals surface area (Å²) in [5, 5.41) is 41.8. The molecular formula is C81H85N7O17. The fraction of sp³-hybridized carbons (Fsp3) is 0.309. The molecule has 12 bridgehead atoms. The molecule has 1 aliphatic carbocycles. The van der Waals surface area contributed by atoms with Gasteiger partial charge >= 0.3 is 5.69 Å². The maximum Gasteiger partial charge on any atom is 0.351 e. The van der Waals surface area contributed by atoms with Crippen molar-refractivity contribution in [1.82, 2.24) is 30.8 Å². The fourth-order valence-corrected chi connectivity index (χ4v) is 15.0. The molecule has 0 radical (unpaired) electrons. The summed E-state index contributed by atoms with van der Waals surface area (Å²) in [7, 11) is 12.5.